The predicted molar refractivity (Wildman–Crippen MR) is 73.9 cm³/mol. The Bertz CT molecular complexity index is 409. The molecule has 1 saturated carbocycles. The van der Waals surface area contributed by atoms with Crippen LogP contribution in [0.3, 0.4) is 0 Å². The number of carbonyl (C=O) groups is 2. The average molecular weight is 304 g/mol. The van der Waals surface area contributed by atoms with E-state index in [9.17, 15) is 18.4 Å². The Labute approximate surface area is 122 Å². The maximum Gasteiger partial charge on any atom is 0.408 e. The van der Waals surface area contributed by atoms with Gasteiger partial charge in [-0.1, -0.05) is 0 Å². The Morgan fingerprint density at radius 3 is 2.29 bits per heavy atom. The van der Waals surface area contributed by atoms with E-state index >= 15 is 0 Å². The maximum absolute atomic E-state index is 13.2. The number of amides is 1. The lowest BCUT2D eigenvalue weighted by molar-refractivity contribution is -0.117. The summed E-state index contributed by atoms with van der Waals surface area (Å²) < 4.78 is 31.4. The van der Waals surface area contributed by atoms with Crippen LogP contribution in [0.25, 0.3) is 0 Å². The number of alkyl halides is 2. The van der Waals surface area contributed by atoms with Gasteiger partial charge in [0.15, 0.2) is 5.78 Å². The standard InChI is InChI=1S/C14H22F2N2O3/c1-13(2,3)21-12(20)18-11(10(19)8-17)9-4-6-14(15,16)7-5-9/h8-9,11,17H,4-7H2,1-3H3,(H,18,20)/t11-/m0/s1. The highest BCUT2D eigenvalue weighted by Crippen LogP contribution is 2.37. The van der Waals surface area contributed by atoms with Crippen LogP contribution in [-0.4, -0.2) is 35.7 Å². The number of carbonyl (C=O) groups excluding carboxylic acids is 2. The minimum atomic E-state index is -2.71. The van der Waals surface area contributed by atoms with Crippen LogP contribution >= 0.6 is 0 Å². The second-order valence-corrected chi connectivity index (χ2v) is 6.36. The Hall–Kier alpha value is -1.53. The fourth-order valence-electron chi connectivity index (χ4n) is 2.34. The molecule has 0 saturated heterocycles. The number of ketones is 1. The molecule has 120 valence electrons. The van der Waals surface area contributed by atoms with Gasteiger partial charge in [-0.15, -0.1) is 0 Å². The number of hydrogen-bond donors (Lipinski definition) is 2. The zero-order chi connectivity index (χ0) is 16.3. The lowest BCUT2D eigenvalue weighted by Gasteiger charge is -2.33. The molecule has 2 N–H and O–H groups in total. The van der Waals surface area contributed by atoms with Gasteiger partial charge in [0, 0.05) is 12.8 Å². The molecule has 1 amide bonds. The Morgan fingerprint density at radius 1 is 1.33 bits per heavy atom. The Kier molecular flexibility index (Phi) is 5.42. The van der Waals surface area contributed by atoms with E-state index < -0.39 is 35.4 Å². The monoisotopic (exact) mass is 304 g/mol. The van der Waals surface area contributed by atoms with Crippen molar-refractivity contribution in [3.05, 3.63) is 0 Å². The summed E-state index contributed by atoms with van der Waals surface area (Å²) in [6.45, 7) is 5.05. The van der Waals surface area contributed by atoms with Crippen molar-refractivity contribution in [2.24, 2.45) is 5.92 Å². The summed E-state index contributed by atoms with van der Waals surface area (Å²) in [5.74, 6) is -3.71. The number of hydrogen-bond acceptors (Lipinski definition) is 4. The SMILES string of the molecule is CC(C)(C)OC(=O)N[C@H](C(=O)C=N)C1CCC(F)(F)CC1. The molecule has 1 aliphatic rings. The number of Topliss-reactive ketones (excluding diaryl/α,β-unsaturated/α-hetero) is 1. The number of halogens is 2. The molecule has 21 heavy (non-hydrogen) atoms. The van der Waals surface area contributed by atoms with Crippen LogP contribution in [0.2, 0.25) is 0 Å². The van der Waals surface area contributed by atoms with E-state index in [0.29, 0.717) is 6.21 Å². The van der Waals surface area contributed by atoms with Crippen molar-refractivity contribution in [1.29, 1.82) is 5.41 Å². The van der Waals surface area contributed by atoms with Gasteiger partial charge in [0.1, 0.15) is 5.60 Å². The molecule has 1 atom stereocenters. The lowest BCUT2D eigenvalue weighted by Crippen LogP contribution is -2.49. The van der Waals surface area contributed by atoms with Crippen molar-refractivity contribution in [3.63, 3.8) is 0 Å². The topological polar surface area (TPSA) is 79.2 Å². The number of ether oxygens (including phenoxy) is 1. The number of rotatable bonds is 4. The molecule has 0 heterocycles. The second-order valence-electron chi connectivity index (χ2n) is 6.36. The van der Waals surface area contributed by atoms with Gasteiger partial charge in [-0.05, 0) is 39.5 Å². The molecule has 0 aliphatic heterocycles. The summed E-state index contributed by atoms with van der Waals surface area (Å²) in [7, 11) is 0. The molecule has 7 heteroatoms. The molecule has 0 unspecified atom stereocenters. The van der Waals surface area contributed by atoms with Crippen LogP contribution in [0.4, 0.5) is 13.6 Å². The summed E-state index contributed by atoms with van der Waals surface area (Å²) >= 11 is 0. The fraction of sp³-hybridized carbons (Fsp3) is 0.786. The minimum Gasteiger partial charge on any atom is -0.444 e. The molecule has 0 aromatic heterocycles. The van der Waals surface area contributed by atoms with Crippen molar-refractivity contribution < 1.29 is 23.1 Å². The first-order chi connectivity index (χ1) is 9.54. The molecule has 0 aromatic carbocycles. The van der Waals surface area contributed by atoms with Gasteiger partial charge in [0.2, 0.25) is 5.92 Å². The third kappa shape index (κ3) is 5.77. The van der Waals surface area contributed by atoms with Crippen LogP contribution in [-0.2, 0) is 9.53 Å². The molecule has 0 spiro atoms. The number of alkyl carbamates (subject to hydrolysis) is 1. The van der Waals surface area contributed by atoms with Gasteiger partial charge in [-0.25, -0.2) is 13.6 Å². The van der Waals surface area contributed by atoms with Gasteiger partial charge < -0.3 is 15.5 Å². The van der Waals surface area contributed by atoms with Crippen molar-refractivity contribution in [2.75, 3.05) is 0 Å². The third-order valence-electron chi connectivity index (χ3n) is 3.35. The summed E-state index contributed by atoms with van der Waals surface area (Å²) in [5, 5.41) is 9.46. The van der Waals surface area contributed by atoms with Gasteiger partial charge in [-0.2, -0.15) is 0 Å². The van der Waals surface area contributed by atoms with E-state index in [1.54, 1.807) is 20.8 Å². The van der Waals surface area contributed by atoms with E-state index in [2.05, 4.69) is 5.32 Å². The average Bonchev–Trinajstić information content (AvgIpc) is 2.33. The predicted octanol–water partition coefficient (Wildman–Crippen LogP) is 2.92. The van der Waals surface area contributed by atoms with E-state index in [-0.39, 0.29) is 25.7 Å². The van der Waals surface area contributed by atoms with Gasteiger partial charge >= 0.3 is 6.09 Å². The van der Waals surface area contributed by atoms with Crippen molar-refractivity contribution >= 4 is 18.1 Å². The van der Waals surface area contributed by atoms with Crippen molar-refractivity contribution in [3.8, 4) is 0 Å². The fourth-order valence-corrected chi connectivity index (χ4v) is 2.34. The summed E-state index contributed by atoms with van der Waals surface area (Å²) in [6, 6.07) is -0.978. The Balaban J connectivity index is 2.71. The Morgan fingerprint density at radius 2 is 1.86 bits per heavy atom. The van der Waals surface area contributed by atoms with Gasteiger partial charge in [0.05, 0.1) is 12.3 Å². The van der Waals surface area contributed by atoms with Crippen molar-refractivity contribution in [1.82, 2.24) is 5.32 Å². The maximum atomic E-state index is 13.2. The van der Waals surface area contributed by atoms with Crippen molar-refractivity contribution in [2.45, 2.75) is 64.0 Å². The summed E-state index contributed by atoms with van der Waals surface area (Å²) in [4.78, 5) is 23.5. The van der Waals surface area contributed by atoms with Crippen LogP contribution < -0.4 is 5.32 Å². The van der Waals surface area contributed by atoms with E-state index in [4.69, 9.17) is 10.1 Å². The van der Waals surface area contributed by atoms with Crippen LogP contribution in [0.1, 0.15) is 46.5 Å². The smallest absolute Gasteiger partial charge is 0.408 e. The first kappa shape index (κ1) is 17.5. The molecule has 5 nitrogen and oxygen atoms in total. The summed E-state index contributed by atoms with van der Waals surface area (Å²) in [5.41, 5.74) is -0.720. The molecule has 1 rings (SSSR count). The highest BCUT2D eigenvalue weighted by molar-refractivity contribution is 6.29. The molecule has 0 radical (unpaired) electrons. The number of nitrogens with one attached hydrogen (secondary N) is 2. The lowest BCUT2D eigenvalue weighted by atomic mass is 9.81. The van der Waals surface area contributed by atoms with Crippen LogP contribution in [0.15, 0.2) is 0 Å². The van der Waals surface area contributed by atoms with E-state index in [0.717, 1.165) is 0 Å². The van der Waals surface area contributed by atoms with Gasteiger partial charge in [0.25, 0.3) is 0 Å². The zero-order valence-electron chi connectivity index (χ0n) is 12.5. The molecule has 1 fully saturated rings. The molecular weight excluding hydrogens is 282 g/mol. The van der Waals surface area contributed by atoms with E-state index in [1.165, 1.54) is 0 Å². The normalized spacial score (nSPS) is 20.4. The minimum absolute atomic E-state index is 0.132. The zero-order valence-corrected chi connectivity index (χ0v) is 12.5. The molecule has 0 aromatic rings. The first-order valence-corrected chi connectivity index (χ1v) is 6.96. The molecular formula is C14H22F2N2O3. The quantitative estimate of drug-likeness (QED) is 0.784. The third-order valence-corrected chi connectivity index (χ3v) is 3.35. The molecule has 1 aliphatic carbocycles. The highest BCUT2D eigenvalue weighted by atomic mass is 19.3. The van der Waals surface area contributed by atoms with Gasteiger partial charge in [-0.3, -0.25) is 4.79 Å². The van der Waals surface area contributed by atoms with E-state index in [1.807, 2.05) is 0 Å². The van der Waals surface area contributed by atoms with Crippen LogP contribution in [0, 0.1) is 11.3 Å². The highest BCUT2D eigenvalue weighted by Gasteiger charge is 2.40. The first-order valence-electron chi connectivity index (χ1n) is 6.96. The summed E-state index contributed by atoms with van der Waals surface area (Å²) in [6.07, 6.45) is -0.528. The second kappa shape index (κ2) is 6.49. The largest absolute Gasteiger partial charge is 0.444 e. The van der Waals surface area contributed by atoms with Crippen LogP contribution in [0.5, 0.6) is 0 Å². The molecule has 0 bridgehead atoms.